The highest BCUT2D eigenvalue weighted by molar-refractivity contribution is 7.18. The van der Waals surface area contributed by atoms with Crippen molar-refractivity contribution >= 4 is 51.4 Å². The van der Waals surface area contributed by atoms with Gasteiger partial charge >= 0.3 is 6.03 Å². The van der Waals surface area contributed by atoms with Gasteiger partial charge in [-0.25, -0.2) is 4.79 Å². The molecule has 0 unspecified atom stereocenters. The van der Waals surface area contributed by atoms with E-state index in [1.165, 1.54) is 0 Å². The summed E-state index contributed by atoms with van der Waals surface area (Å²) in [6.45, 7) is 1.35. The number of carbonyl (C=O) groups is 3. The predicted octanol–water partition coefficient (Wildman–Crippen LogP) is 4.20. The standard InChI is InChI=1S/C20H15ClN2O3S/c1-20(14-8-4-6-12-5-2-3-7-13(12)14)18(25)23(19(26)22-20)11-15(24)16-9-10-17(21)27-16/h2-10H,11H2,1H3,(H,22,26)/t20-/m0/s1. The minimum atomic E-state index is -1.23. The summed E-state index contributed by atoms with van der Waals surface area (Å²) in [7, 11) is 0. The van der Waals surface area contributed by atoms with Crippen LogP contribution in [0.3, 0.4) is 0 Å². The highest BCUT2D eigenvalue weighted by Gasteiger charge is 2.50. The van der Waals surface area contributed by atoms with Gasteiger partial charge in [0.25, 0.3) is 5.91 Å². The smallest absolute Gasteiger partial charge is 0.319 e. The molecule has 1 atom stereocenters. The van der Waals surface area contributed by atoms with Crippen LogP contribution in [0.15, 0.2) is 54.6 Å². The van der Waals surface area contributed by atoms with Gasteiger partial charge in [-0.15, -0.1) is 11.3 Å². The fourth-order valence-electron chi connectivity index (χ4n) is 3.37. The number of hydrogen-bond donors (Lipinski definition) is 1. The van der Waals surface area contributed by atoms with Crippen LogP contribution in [0.4, 0.5) is 4.79 Å². The van der Waals surface area contributed by atoms with Crippen LogP contribution < -0.4 is 5.32 Å². The minimum absolute atomic E-state index is 0.318. The zero-order valence-electron chi connectivity index (χ0n) is 14.4. The Balaban J connectivity index is 1.68. The Kier molecular flexibility index (Phi) is 4.25. The van der Waals surface area contributed by atoms with Crippen LogP contribution in [-0.4, -0.2) is 29.2 Å². The molecule has 0 saturated carbocycles. The lowest BCUT2D eigenvalue weighted by molar-refractivity contribution is -0.130. The van der Waals surface area contributed by atoms with Crippen LogP contribution in [0.25, 0.3) is 10.8 Å². The number of nitrogens with one attached hydrogen (secondary N) is 1. The lowest BCUT2D eigenvalue weighted by Gasteiger charge is -2.24. The van der Waals surface area contributed by atoms with Crippen molar-refractivity contribution in [3.63, 3.8) is 0 Å². The molecule has 7 heteroatoms. The van der Waals surface area contributed by atoms with Crippen LogP contribution in [0, 0.1) is 0 Å². The molecule has 3 aromatic rings. The SMILES string of the molecule is C[C@@]1(c2cccc3ccccc23)NC(=O)N(CC(=O)c2ccc(Cl)s2)C1=O. The summed E-state index contributed by atoms with van der Waals surface area (Å²) >= 11 is 6.99. The number of carbonyl (C=O) groups excluding carboxylic acids is 3. The second-order valence-electron chi connectivity index (χ2n) is 6.50. The van der Waals surface area contributed by atoms with E-state index in [2.05, 4.69) is 5.32 Å². The van der Waals surface area contributed by atoms with Crippen molar-refractivity contribution in [1.29, 1.82) is 0 Å². The maximum Gasteiger partial charge on any atom is 0.325 e. The molecule has 0 aliphatic carbocycles. The normalized spacial score (nSPS) is 19.6. The number of ketones is 1. The van der Waals surface area contributed by atoms with Gasteiger partial charge in [0.2, 0.25) is 0 Å². The van der Waals surface area contributed by atoms with Crippen molar-refractivity contribution in [3.8, 4) is 0 Å². The highest BCUT2D eigenvalue weighted by atomic mass is 35.5. The van der Waals surface area contributed by atoms with E-state index in [1.54, 1.807) is 19.1 Å². The number of imide groups is 1. The number of nitrogens with zero attached hydrogens (tertiary/aromatic N) is 1. The molecule has 5 nitrogen and oxygen atoms in total. The maximum atomic E-state index is 13.1. The first kappa shape index (κ1) is 17.7. The Morgan fingerprint density at radius 3 is 2.59 bits per heavy atom. The second-order valence-corrected chi connectivity index (χ2v) is 8.22. The Labute approximate surface area is 164 Å². The van der Waals surface area contributed by atoms with Gasteiger partial charge in [0.05, 0.1) is 15.8 Å². The molecule has 1 aliphatic rings. The number of hydrogen-bond acceptors (Lipinski definition) is 4. The lowest BCUT2D eigenvalue weighted by Crippen LogP contribution is -2.41. The van der Waals surface area contributed by atoms with E-state index in [9.17, 15) is 14.4 Å². The summed E-state index contributed by atoms with van der Waals surface area (Å²) in [5.74, 6) is -0.766. The van der Waals surface area contributed by atoms with Crippen molar-refractivity contribution in [2.45, 2.75) is 12.5 Å². The van der Waals surface area contributed by atoms with Crippen LogP contribution in [-0.2, 0) is 10.3 Å². The zero-order chi connectivity index (χ0) is 19.2. The molecule has 2 aromatic carbocycles. The van der Waals surface area contributed by atoms with Crippen molar-refractivity contribution in [2.75, 3.05) is 6.54 Å². The van der Waals surface area contributed by atoms with Gasteiger partial charge < -0.3 is 5.32 Å². The zero-order valence-corrected chi connectivity index (χ0v) is 15.9. The average Bonchev–Trinajstić information content (AvgIpc) is 3.19. The van der Waals surface area contributed by atoms with Gasteiger partial charge in [-0.3, -0.25) is 14.5 Å². The molecule has 2 heterocycles. The molecule has 0 spiro atoms. The van der Waals surface area contributed by atoms with Gasteiger partial charge in [-0.1, -0.05) is 54.1 Å². The van der Waals surface area contributed by atoms with Crippen molar-refractivity contribution in [2.24, 2.45) is 0 Å². The molecule has 1 N–H and O–H groups in total. The summed E-state index contributed by atoms with van der Waals surface area (Å²) in [5, 5.41) is 4.62. The van der Waals surface area contributed by atoms with Crippen LogP contribution in [0.1, 0.15) is 22.2 Å². The molecule has 1 saturated heterocycles. The number of benzene rings is 2. The van der Waals surface area contributed by atoms with E-state index >= 15 is 0 Å². The van der Waals surface area contributed by atoms with Gasteiger partial charge in [-0.2, -0.15) is 0 Å². The summed E-state index contributed by atoms with van der Waals surface area (Å²) in [6.07, 6.45) is 0. The number of rotatable bonds is 4. The average molecular weight is 399 g/mol. The third-order valence-electron chi connectivity index (χ3n) is 4.75. The first-order chi connectivity index (χ1) is 12.9. The molecule has 0 radical (unpaired) electrons. The summed E-state index contributed by atoms with van der Waals surface area (Å²) in [4.78, 5) is 39.5. The van der Waals surface area contributed by atoms with E-state index in [1.807, 2.05) is 42.5 Å². The Morgan fingerprint density at radius 1 is 1.11 bits per heavy atom. The molecule has 0 bridgehead atoms. The lowest BCUT2D eigenvalue weighted by atomic mass is 9.88. The Bertz CT molecular complexity index is 1090. The fourth-order valence-corrected chi connectivity index (χ4v) is 4.34. The van der Waals surface area contributed by atoms with E-state index in [4.69, 9.17) is 11.6 Å². The van der Waals surface area contributed by atoms with E-state index < -0.39 is 17.5 Å². The largest absolute Gasteiger partial charge is 0.325 e. The molecule has 1 fully saturated rings. The quantitative estimate of drug-likeness (QED) is 0.529. The van der Waals surface area contributed by atoms with Crippen LogP contribution >= 0.6 is 22.9 Å². The summed E-state index contributed by atoms with van der Waals surface area (Å²) in [5.41, 5.74) is -0.529. The summed E-state index contributed by atoms with van der Waals surface area (Å²) < 4.78 is 0.483. The Morgan fingerprint density at radius 2 is 1.85 bits per heavy atom. The van der Waals surface area contributed by atoms with Crippen molar-refractivity contribution in [1.82, 2.24) is 10.2 Å². The minimum Gasteiger partial charge on any atom is -0.319 e. The fraction of sp³-hybridized carbons (Fsp3) is 0.150. The number of halogens is 1. The van der Waals surface area contributed by atoms with Gasteiger partial charge in [0.15, 0.2) is 5.78 Å². The first-order valence-corrected chi connectivity index (χ1v) is 9.50. The molecule has 27 heavy (non-hydrogen) atoms. The third-order valence-corrected chi connectivity index (χ3v) is 6.03. The van der Waals surface area contributed by atoms with Gasteiger partial charge in [0, 0.05) is 0 Å². The van der Waals surface area contributed by atoms with E-state index in [-0.39, 0.29) is 12.3 Å². The van der Waals surface area contributed by atoms with E-state index in [0.717, 1.165) is 27.0 Å². The molecule has 1 aliphatic heterocycles. The number of urea groups is 1. The number of thiophene rings is 1. The molecule has 3 amide bonds. The van der Waals surface area contributed by atoms with Gasteiger partial charge in [0.1, 0.15) is 5.54 Å². The summed E-state index contributed by atoms with van der Waals surface area (Å²) in [6, 6.07) is 15.9. The molecular formula is C20H15ClN2O3S. The third kappa shape index (κ3) is 2.91. The maximum absolute atomic E-state index is 13.1. The van der Waals surface area contributed by atoms with E-state index in [0.29, 0.717) is 14.8 Å². The topological polar surface area (TPSA) is 66.5 Å². The molecular weight excluding hydrogens is 384 g/mol. The number of fused-ring (bicyclic) bond motifs is 1. The molecule has 136 valence electrons. The second kappa shape index (κ2) is 6.48. The Hall–Kier alpha value is -2.70. The van der Waals surface area contributed by atoms with Crippen LogP contribution in [0.2, 0.25) is 4.34 Å². The van der Waals surface area contributed by atoms with Crippen molar-refractivity contribution in [3.05, 3.63) is 69.4 Å². The van der Waals surface area contributed by atoms with Gasteiger partial charge in [-0.05, 0) is 35.4 Å². The number of amides is 3. The molecule has 1 aromatic heterocycles. The van der Waals surface area contributed by atoms with Crippen LogP contribution in [0.5, 0.6) is 0 Å². The number of Topliss-reactive ketones (excluding diaryl/α,β-unsaturated/α-hetero) is 1. The first-order valence-electron chi connectivity index (χ1n) is 8.31. The predicted molar refractivity (Wildman–Crippen MR) is 105 cm³/mol. The van der Waals surface area contributed by atoms with Crippen molar-refractivity contribution < 1.29 is 14.4 Å². The highest BCUT2D eigenvalue weighted by Crippen LogP contribution is 2.34. The molecule has 4 rings (SSSR count). The monoisotopic (exact) mass is 398 g/mol.